The Morgan fingerprint density at radius 2 is 2.14 bits per heavy atom. The molecule has 1 unspecified atom stereocenters. The lowest BCUT2D eigenvalue weighted by Crippen LogP contribution is -2.32. The molecular weight excluding hydrogens is 272 g/mol. The molecule has 6 heteroatoms. The highest BCUT2D eigenvalue weighted by Crippen LogP contribution is 2.32. The van der Waals surface area contributed by atoms with Crippen molar-refractivity contribution >= 4 is 5.91 Å². The zero-order valence-electron chi connectivity index (χ0n) is 13.0. The first kappa shape index (κ1) is 15.6. The summed E-state index contributed by atoms with van der Waals surface area (Å²) in [7, 11) is 3.06. The Bertz CT molecular complexity index is 607. The zero-order valence-corrected chi connectivity index (χ0v) is 13.0. The summed E-state index contributed by atoms with van der Waals surface area (Å²) in [6.07, 6.45) is 1.62. The Kier molecular flexibility index (Phi) is 4.67. The number of hydrogen-bond acceptors (Lipinski definition) is 4. The maximum atomic E-state index is 12.4. The summed E-state index contributed by atoms with van der Waals surface area (Å²) in [6, 6.07) is 0.0517. The van der Waals surface area contributed by atoms with Crippen molar-refractivity contribution in [2.75, 3.05) is 27.4 Å². The third-order valence-electron chi connectivity index (χ3n) is 3.92. The highest BCUT2D eigenvalue weighted by molar-refractivity contribution is 5.95. The number of carbonyl (C=O) groups excluding carboxylic acids is 1. The predicted molar refractivity (Wildman–Crippen MR) is 79.2 cm³/mol. The number of pyridine rings is 1. The number of aromatic nitrogens is 1. The van der Waals surface area contributed by atoms with Gasteiger partial charge in [0.2, 0.25) is 5.43 Å². The minimum atomic E-state index is -0.282. The van der Waals surface area contributed by atoms with Gasteiger partial charge in [0.1, 0.15) is 0 Å². The third-order valence-corrected chi connectivity index (χ3v) is 3.92. The van der Waals surface area contributed by atoms with Crippen LogP contribution in [-0.2, 0) is 11.2 Å². The molecule has 0 radical (unpaired) electrons. The number of amides is 1. The van der Waals surface area contributed by atoms with Crippen molar-refractivity contribution in [3.63, 3.8) is 0 Å². The smallest absolute Gasteiger partial charge is 0.271 e. The van der Waals surface area contributed by atoms with Crippen LogP contribution < -0.4 is 15.5 Å². The summed E-state index contributed by atoms with van der Waals surface area (Å²) < 4.78 is 12.4. The molecule has 0 aliphatic carbocycles. The van der Waals surface area contributed by atoms with Gasteiger partial charge >= 0.3 is 0 Å². The first-order valence-electron chi connectivity index (χ1n) is 7.15. The van der Waals surface area contributed by atoms with Crippen LogP contribution in [0, 0.1) is 6.92 Å². The van der Waals surface area contributed by atoms with E-state index in [9.17, 15) is 9.59 Å². The lowest BCUT2D eigenvalue weighted by molar-refractivity contribution is 0.0932. The second kappa shape index (κ2) is 6.30. The van der Waals surface area contributed by atoms with Crippen molar-refractivity contribution in [3.8, 4) is 5.75 Å². The summed E-state index contributed by atoms with van der Waals surface area (Å²) in [4.78, 5) is 24.8. The largest absolute Gasteiger partial charge is 0.491 e. The van der Waals surface area contributed by atoms with Crippen molar-refractivity contribution in [1.82, 2.24) is 9.88 Å². The Morgan fingerprint density at radius 1 is 1.43 bits per heavy atom. The van der Waals surface area contributed by atoms with Crippen LogP contribution in [0.2, 0.25) is 0 Å². The van der Waals surface area contributed by atoms with Crippen LogP contribution in [0.25, 0.3) is 0 Å². The van der Waals surface area contributed by atoms with Gasteiger partial charge in [0.25, 0.3) is 5.91 Å². The van der Waals surface area contributed by atoms with Crippen molar-refractivity contribution in [2.45, 2.75) is 32.7 Å². The van der Waals surface area contributed by atoms with E-state index in [2.05, 4.69) is 5.32 Å². The van der Waals surface area contributed by atoms with Gasteiger partial charge in [-0.15, -0.1) is 0 Å². The Hall–Kier alpha value is -1.82. The first-order chi connectivity index (χ1) is 10.1. The Morgan fingerprint density at radius 3 is 2.71 bits per heavy atom. The van der Waals surface area contributed by atoms with Gasteiger partial charge in [0, 0.05) is 24.9 Å². The molecule has 0 spiro atoms. The SMILES string of the molecule is CCNC(=O)c1c(OC)c(=O)c(C)c2n1C(COC)CC2. The molecule has 1 aromatic rings. The van der Waals surface area contributed by atoms with Crippen LogP contribution in [0.15, 0.2) is 4.79 Å². The maximum Gasteiger partial charge on any atom is 0.271 e. The van der Waals surface area contributed by atoms with Crippen molar-refractivity contribution in [3.05, 3.63) is 27.2 Å². The fourth-order valence-electron chi connectivity index (χ4n) is 2.97. The van der Waals surface area contributed by atoms with E-state index in [0.717, 1.165) is 18.5 Å². The van der Waals surface area contributed by atoms with E-state index in [4.69, 9.17) is 9.47 Å². The predicted octanol–water partition coefficient (Wildman–Crippen LogP) is 1.05. The van der Waals surface area contributed by atoms with Crippen molar-refractivity contribution < 1.29 is 14.3 Å². The number of nitrogens with one attached hydrogen (secondary N) is 1. The van der Waals surface area contributed by atoms with E-state index < -0.39 is 0 Å². The quantitative estimate of drug-likeness (QED) is 0.881. The summed E-state index contributed by atoms with van der Waals surface area (Å²) in [5, 5.41) is 2.76. The molecule has 1 aromatic heterocycles. The highest BCUT2D eigenvalue weighted by atomic mass is 16.5. The second-order valence-corrected chi connectivity index (χ2v) is 5.16. The third kappa shape index (κ3) is 2.55. The number of nitrogens with zero attached hydrogens (tertiary/aromatic N) is 1. The second-order valence-electron chi connectivity index (χ2n) is 5.16. The van der Waals surface area contributed by atoms with Gasteiger partial charge in [0.05, 0.1) is 19.8 Å². The molecule has 1 atom stereocenters. The molecule has 0 saturated carbocycles. The zero-order chi connectivity index (χ0) is 15.6. The molecule has 1 aliphatic rings. The monoisotopic (exact) mass is 294 g/mol. The molecule has 116 valence electrons. The molecule has 21 heavy (non-hydrogen) atoms. The van der Waals surface area contributed by atoms with Crippen molar-refractivity contribution in [1.29, 1.82) is 0 Å². The number of fused-ring (bicyclic) bond motifs is 1. The van der Waals surface area contributed by atoms with E-state index in [1.807, 2.05) is 11.5 Å². The Balaban J connectivity index is 2.71. The van der Waals surface area contributed by atoms with E-state index >= 15 is 0 Å². The maximum absolute atomic E-state index is 12.4. The molecule has 1 aliphatic heterocycles. The lowest BCUT2D eigenvalue weighted by Gasteiger charge is -2.22. The minimum absolute atomic E-state index is 0.0517. The average Bonchev–Trinajstić information content (AvgIpc) is 2.87. The van der Waals surface area contributed by atoms with Gasteiger partial charge in [-0.2, -0.15) is 0 Å². The molecule has 2 heterocycles. The molecule has 6 nitrogen and oxygen atoms in total. The molecule has 1 N–H and O–H groups in total. The van der Waals surface area contributed by atoms with Gasteiger partial charge < -0.3 is 19.4 Å². The normalized spacial score (nSPS) is 16.7. The summed E-state index contributed by atoms with van der Waals surface area (Å²) in [6.45, 7) is 4.63. The van der Waals surface area contributed by atoms with Crippen LogP contribution in [0.1, 0.15) is 41.1 Å². The number of rotatable bonds is 5. The number of hydrogen-bond donors (Lipinski definition) is 1. The van der Waals surface area contributed by atoms with Crippen LogP contribution >= 0.6 is 0 Å². The van der Waals surface area contributed by atoms with E-state index in [1.165, 1.54) is 7.11 Å². The Labute approximate surface area is 124 Å². The molecule has 1 amide bonds. The molecular formula is C15H22N2O4. The molecule has 0 saturated heterocycles. The standard InChI is InChI=1S/C15H22N2O4/c1-5-16-15(19)12-14(21-4)13(18)9(2)11-7-6-10(8-20-3)17(11)12/h10H,5-8H2,1-4H3,(H,16,19). The van der Waals surface area contributed by atoms with Crippen LogP contribution in [0.5, 0.6) is 5.75 Å². The van der Waals surface area contributed by atoms with Gasteiger partial charge in [-0.05, 0) is 26.7 Å². The van der Waals surface area contributed by atoms with E-state index in [1.54, 1.807) is 14.0 Å². The van der Waals surface area contributed by atoms with E-state index in [0.29, 0.717) is 24.4 Å². The van der Waals surface area contributed by atoms with Gasteiger partial charge in [-0.3, -0.25) is 9.59 Å². The first-order valence-corrected chi connectivity index (χ1v) is 7.15. The average molecular weight is 294 g/mol. The van der Waals surface area contributed by atoms with Gasteiger partial charge in [0.15, 0.2) is 11.4 Å². The fraction of sp³-hybridized carbons (Fsp3) is 0.600. The molecule has 0 aromatic carbocycles. The van der Waals surface area contributed by atoms with Crippen LogP contribution in [-0.4, -0.2) is 37.8 Å². The number of methoxy groups -OCH3 is 2. The van der Waals surface area contributed by atoms with Crippen LogP contribution in [0.3, 0.4) is 0 Å². The minimum Gasteiger partial charge on any atom is -0.491 e. The van der Waals surface area contributed by atoms with Gasteiger partial charge in [-0.25, -0.2) is 0 Å². The van der Waals surface area contributed by atoms with Gasteiger partial charge in [-0.1, -0.05) is 0 Å². The lowest BCUT2D eigenvalue weighted by atomic mass is 10.1. The molecule has 2 rings (SSSR count). The highest BCUT2D eigenvalue weighted by Gasteiger charge is 2.32. The number of carbonyl (C=O) groups is 1. The number of ether oxygens (including phenoxy) is 2. The topological polar surface area (TPSA) is 69.6 Å². The summed E-state index contributed by atoms with van der Waals surface area (Å²) in [5.74, 6) is -0.166. The van der Waals surface area contributed by atoms with Crippen molar-refractivity contribution in [2.24, 2.45) is 0 Å². The van der Waals surface area contributed by atoms with Crippen LogP contribution in [0.4, 0.5) is 0 Å². The summed E-state index contributed by atoms with van der Waals surface area (Å²) >= 11 is 0. The summed E-state index contributed by atoms with van der Waals surface area (Å²) in [5.41, 5.74) is 1.66. The molecule has 0 bridgehead atoms. The fourth-order valence-corrected chi connectivity index (χ4v) is 2.97. The molecule has 0 fully saturated rings. The van der Waals surface area contributed by atoms with E-state index in [-0.39, 0.29) is 23.1 Å².